The molecule has 0 spiro atoms. The van der Waals surface area contributed by atoms with Crippen molar-refractivity contribution in [2.75, 3.05) is 6.61 Å². The van der Waals surface area contributed by atoms with E-state index in [2.05, 4.69) is 15.0 Å². The van der Waals surface area contributed by atoms with E-state index in [4.69, 9.17) is 4.84 Å². The molecule has 204 valence electrons. The summed E-state index contributed by atoms with van der Waals surface area (Å²) in [5, 5.41) is 13.6. The number of carboxylic acids is 1. The van der Waals surface area contributed by atoms with Crippen LogP contribution in [0.2, 0.25) is 0 Å². The summed E-state index contributed by atoms with van der Waals surface area (Å²) >= 11 is 0. The largest absolute Gasteiger partial charge is 0.476 e. The lowest BCUT2D eigenvalue weighted by Crippen LogP contribution is -2.58. The average Bonchev–Trinajstić information content (AvgIpc) is 3.07. The molecule has 4 aliphatic rings. The van der Waals surface area contributed by atoms with Crippen LogP contribution >= 0.6 is 0 Å². The molecule has 2 saturated carbocycles. The van der Waals surface area contributed by atoms with Crippen LogP contribution < -0.4 is 5.56 Å². The van der Waals surface area contributed by atoms with E-state index < -0.39 is 11.7 Å². The Labute approximate surface area is 224 Å². The summed E-state index contributed by atoms with van der Waals surface area (Å²) < 4.78 is 1.84. The average molecular weight is 521 g/mol. The molecule has 2 aliphatic heterocycles. The molecule has 8 heteroatoms. The number of nitrogens with zero attached hydrogens (tertiary/aromatic N) is 4. The topological polar surface area (TPSA) is 97.0 Å². The number of benzene rings is 1. The molecule has 6 rings (SSSR count). The first-order valence-electron chi connectivity index (χ1n) is 14.8. The molecule has 2 aromatic rings. The molecule has 0 amide bonds. The third-order valence-corrected chi connectivity index (χ3v) is 9.65. The maximum Gasteiger partial charge on any atom is 0.360 e. The summed E-state index contributed by atoms with van der Waals surface area (Å²) in [5.74, 6) is 0.455. The van der Waals surface area contributed by atoms with Gasteiger partial charge in [0.15, 0.2) is 5.69 Å². The van der Waals surface area contributed by atoms with Gasteiger partial charge in [-0.05, 0) is 75.8 Å². The summed E-state index contributed by atoms with van der Waals surface area (Å²) in [4.78, 5) is 38.4. The molecule has 1 aromatic carbocycles. The Morgan fingerprint density at radius 1 is 0.947 bits per heavy atom. The predicted octanol–water partition coefficient (Wildman–Crippen LogP) is 5.14. The lowest BCUT2D eigenvalue weighted by atomic mass is 9.73. The zero-order valence-corrected chi connectivity index (χ0v) is 22.4. The molecular formula is C30H40N4O4. The molecule has 4 unspecified atom stereocenters. The highest BCUT2D eigenvalue weighted by molar-refractivity contribution is 6.41. The quantitative estimate of drug-likeness (QED) is 0.419. The van der Waals surface area contributed by atoms with Crippen LogP contribution in [0.1, 0.15) is 95.7 Å². The van der Waals surface area contributed by atoms with Crippen molar-refractivity contribution < 1.29 is 14.7 Å². The predicted molar refractivity (Wildman–Crippen MR) is 146 cm³/mol. The van der Waals surface area contributed by atoms with E-state index in [1.165, 1.54) is 64.2 Å². The van der Waals surface area contributed by atoms with E-state index in [1.54, 1.807) is 6.92 Å². The van der Waals surface area contributed by atoms with Gasteiger partial charge in [0, 0.05) is 24.2 Å². The number of aliphatic carboxylic acids is 1. The zero-order chi connectivity index (χ0) is 26.2. The van der Waals surface area contributed by atoms with E-state index in [0.29, 0.717) is 23.6 Å². The SMILES string of the molecule is CCO/N=C(\C(=O)O)c1nc2ccccc2n(C2CC3CCCC(C2)N3C2CC3CCCCC(C3)C2)c1=O. The van der Waals surface area contributed by atoms with Crippen molar-refractivity contribution in [1.82, 2.24) is 14.5 Å². The van der Waals surface area contributed by atoms with Crippen molar-refractivity contribution in [3.05, 3.63) is 40.3 Å². The van der Waals surface area contributed by atoms with Gasteiger partial charge in [0.2, 0.25) is 5.71 Å². The van der Waals surface area contributed by atoms with Gasteiger partial charge in [-0.3, -0.25) is 9.69 Å². The molecule has 4 bridgehead atoms. The number of carbonyl (C=O) groups is 1. The van der Waals surface area contributed by atoms with Crippen molar-refractivity contribution in [2.24, 2.45) is 17.0 Å². The number of hydrogen-bond acceptors (Lipinski definition) is 6. The minimum atomic E-state index is -1.31. The summed E-state index contributed by atoms with van der Waals surface area (Å²) in [7, 11) is 0. The first-order valence-corrected chi connectivity index (χ1v) is 14.8. The highest BCUT2D eigenvalue weighted by Crippen LogP contribution is 2.47. The van der Waals surface area contributed by atoms with Gasteiger partial charge < -0.3 is 14.5 Å². The number of rotatable bonds is 6. The molecule has 1 N–H and O–H groups in total. The van der Waals surface area contributed by atoms with Gasteiger partial charge in [-0.15, -0.1) is 0 Å². The highest BCUT2D eigenvalue weighted by Gasteiger charge is 2.45. The van der Waals surface area contributed by atoms with Crippen molar-refractivity contribution in [2.45, 2.75) is 108 Å². The van der Waals surface area contributed by atoms with Crippen molar-refractivity contribution in [1.29, 1.82) is 0 Å². The van der Waals surface area contributed by atoms with Gasteiger partial charge in [0.05, 0.1) is 11.0 Å². The van der Waals surface area contributed by atoms with E-state index in [-0.39, 0.29) is 23.9 Å². The number of oxime groups is 1. The molecule has 0 radical (unpaired) electrons. The number of fused-ring (bicyclic) bond motifs is 5. The summed E-state index contributed by atoms with van der Waals surface area (Å²) in [5.41, 5.74) is 0.413. The number of carboxylic acid groups (broad SMARTS) is 1. The van der Waals surface area contributed by atoms with Crippen LogP contribution in [0.15, 0.2) is 34.2 Å². The molecule has 3 heterocycles. The first kappa shape index (κ1) is 25.5. The van der Waals surface area contributed by atoms with Crippen LogP contribution in [0.5, 0.6) is 0 Å². The fourth-order valence-electron chi connectivity index (χ4n) is 8.29. The maximum absolute atomic E-state index is 14.0. The van der Waals surface area contributed by atoms with Gasteiger partial charge in [-0.1, -0.05) is 49.4 Å². The van der Waals surface area contributed by atoms with Crippen molar-refractivity contribution in [3.63, 3.8) is 0 Å². The smallest absolute Gasteiger partial charge is 0.360 e. The lowest BCUT2D eigenvalue weighted by Gasteiger charge is -2.54. The Balaban J connectivity index is 1.36. The van der Waals surface area contributed by atoms with Crippen molar-refractivity contribution >= 4 is 22.7 Å². The molecule has 8 nitrogen and oxygen atoms in total. The Bertz CT molecular complexity index is 1240. The molecule has 1 aromatic heterocycles. The number of para-hydroxylation sites is 2. The Morgan fingerprint density at radius 3 is 2.29 bits per heavy atom. The molecule has 38 heavy (non-hydrogen) atoms. The lowest BCUT2D eigenvalue weighted by molar-refractivity contribution is -0.129. The van der Waals surface area contributed by atoms with E-state index in [1.807, 2.05) is 28.8 Å². The number of hydrogen-bond donors (Lipinski definition) is 1. The maximum atomic E-state index is 14.0. The first-order chi connectivity index (χ1) is 18.5. The summed E-state index contributed by atoms with van der Waals surface area (Å²) in [6.45, 7) is 1.94. The third-order valence-electron chi connectivity index (χ3n) is 9.65. The van der Waals surface area contributed by atoms with Gasteiger partial charge >= 0.3 is 5.97 Å². The second-order valence-corrected chi connectivity index (χ2v) is 12.0. The second kappa shape index (κ2) is 10.8. The van der Waals surface area contributed by atoms with Gasteiger partial charge in [-0.25, -0.2) is 9.78 Å². The Morgan fingerprint density at radius 2 is 1.63 bits per heavy atom. The molecule has 4 atom stereocenters. The van der Waals surface area contributed by atoms with Crippen LogP contribution in [0, 0.1) is 11.8 Å². The van der Waals surface area contributed by atoms with Crippen LogP contribution in [0.4, 0.5) is 0 Å². The van der Waals surface area contributed by atoms with Gasteiger partial charge in [0.25, 0.3) is 5.56 Å². The Hall–Kier alpha value is -2.74. The monoisotopic (exact) mass is 520 g/mol. The Kier molecular flexibility index (Phi) is 7.25. The zero-order valence-electron chi connectivity index (χ0n) is 22.4. The molecular weight excluding hydrogens is 480 g/mol. The van der Waals surface area contributed by atoms with E-state index >= 15 is 0 Å². The van der Waals surface area contributed by atoms with Crippen LogP contribution in [-0.4, -0.2) is 56.0 Å². The fourth-order valence-corrected chi connectivity index (χ4v) is 8.29. The summed E-state index contributed by atoms with van der Waals surface area (Å²) in [6, 6.07) is 9.18. The summed E-state index contributed by atoms with van der Waals surface area (Å²) in [6.07, 6.45) is 15.1. The van der Waals surface area contributed by atoms with Gasteiger partial charge in [0.1, 0.15) is 6.61 Å². The van der Waals surface area contributed by atoms with Crippen LogP contribution in [0.25, 0.3) is 11.0 Å². The normalized spacial score (nSPS) is 32.1. The van der Waals surface area contributed by atoms with Crippen molar-refractivity contribution in [3.8, 4) is 0 Å². The molecule has 4 fully saturated rings. The van der Waals surface area contributed by atoms with Gasteiger partial charge in [-0.2, -0.15) is 0 Å². The minimum absolute atomic E-state index is 0.00806. The molecule has 2 saturated heterocycles. The van der Waals surface area contributed by atoms with Crippen LogP contribution in [0.3, 0.4) is 0 Å². The molecule has 2 aliphatic carbocycles. The minimum Gasteiger partial charge on any atom is -0.476 e. The highest BCUT2D eigenvalue weighted by atomic mass is 16.6. The standard InChI is InChI=1S/C30H40N4O4/c1-2-38-32-28(30(36)37)27-29(35)34(26-13-6-5-12-25(26)31-27)24-17-21-10-7-11-22(18-24)33(21)23-15-19-8-3-4-9-20(14-19)16-23/h5-6,12-13,19-24H,2-4,7-11,14-18H2,1H3,(H,36,37)/b32-28-. The number of aromatic nitrogens is 2. The van der Waals surface area contributed by atoms with Crippen LogP contribution in [-0.2, 0) is 9.63 Å². The fraction of sp³-hybridized carbons (Fsp3) is 0.667. The number of piperidine rings is 2. The third kappa shape index (κ3) is 4.76. The second-order valence-electron chi connectivity index (χ2n) is 12.0. The van der Waals surface area contributed by atoms with E-state index in [0.717, 1.165) is 30.2 Å². The van der Waals surface area contributed by atoms with E-state index in [9.17, 15) is 14.7 Å².